The fourth-order valence-corrected chi connectivity index (χ4v) is 2.44. The van der Waals surface area contributed by atoms with E-state index in [1.54, 1.807) is 0 Å². The maximum absolute atomic E-state index is 5.62. The van der Waals surface area contributed by atoms with Crippen molar-refractivity contribution in [1.29, 1.82) is 0 Å². The second kappa shape index (κ2) is 4.43. The molecular weight excluding hydrogens is 214 g/mol. The van der Waals surface area contributed by atoms with Gasteiger partial charge in [-0.3, -0.25) is 4.40 Å². The summed E-state index contributed by atoms with van der Waals surface area (Å²) in [5.41, 5.74) is 7.63. The summed E-state index contributed by atoms with van der Waals surface area (Å²) < 4.78 is 2.09. The lowest BCUT2D eigenvalue weighted by atomic mass is 9.97. The van der Waals surface area contributed by atoms with Crippen LogP contribution < -0.4 is 11.1 Å². The number of nitrogens with two attached hydrogens (primary N) is 1. The first kappa shape index (κ1) is 10.7. The van der Waals surface area contributed by atoms with Crippen molar-refractivity contribution in [3.05, 3.63) is 29.7 Å². The van der Waals surface area contributed by atoms with Crippen LogP contribution in [-0.2, 0) is 6.54 Å². The van der Waals surface area contributed by atoms with E-state index < -0.39 is 0 Å². The Kier molecular flexibility index (Phi) is 2.78. The highest BCUT2D eigenvalue weighted by molar-refractivity contribution is 5.41. The molecule has 0 spiro atoms. The molecule has 17 heavy (non-hydrogen) atoms. The first-order valence-electron chi connectivity index (χ1n) is 6.13. The van der Waals surface area contributed by atoms with Crippen molar-refractivity contribution >= 4 is 5.65 Å². The van der Waals surface area contributed by atoms with Crippen LogP contribution in [0.2, 0.25) is 0 Å². The molecule has 2 aromatic rings. The fraction of sp³-hybridized carbons (Fsp3) is 0.500. The van der Waals surface area contributed by atoms with E-state index in [1.807, 2.05) is 18.3 Å². The number of fused-ring (bicyclic) bond motifs is 1. The molecule has 2 aromatic heterocycles. The number of hydrogen-bond acceptors (Lipinski definition) is 4. The molecule has 3 heterocycles. The zero-order valence-electron chi connectivity index (χ0n) is 9.76. The topological polar surface area (TPSA) is 68.2 Å². The average Bonchev–Trinajstić information content (AvgIpc) is 2.82. The molecule has 3 rings (SSSR count). The van der Waals surface area contributed by atoms with Crippen molar-refractivity contribution in [2.45, 2.75) is 25.3 Å². The van der Waals surface area contributed by atoms with E-state index in [-0.39, 0.29) is 0 Å². The molecule has 3 N–H and O–H groups in total. The maximum atomic E-state index is 5.62. The van der Waals surface area contributed by atoms with E-state index in [4.69, 9.17) is 5.73 Å². The Morgan fingerprint density at radius 2 is 2.18 bits per heavy atom. The highest BCUT2D eigenvalue weighted by Gasteiger charge is 2.20. The molecule has 0 bridgehead atoms. The van der Waals surface area contributed by atoms with Crippen molar-refractivity contribution < 1.29 is 0 Å². The molecule has 1 aliphatic rings. The molecule has 0 amide bonds. The largest absolute Gasteiger partial charge is 0.326 e. The minimum absolute atomic E-state index is 0.523. The molecule has 0 aliphatic carbocycles. The van der Waals surface area contributed by atoms with Crippen LogP contribution in [0.5, 0.6) is 0 Å². The number of rotatable bonds is 2. The third-order valence-corrected chi connectivity index (χ3v) is 3.44. The third kappa shape index (κ3) is 1.92. The highest BCUT2D eigenvalue weighted by atomic mass is 15.2. The quantitative estimate of drug-likeness (QED) is 0.796. The van der Waals surface area contributed by atoms with Crippen molar-refractivity contribution in [3.63, 3.8) is 0 Å². The standard InChI is InChI=1S/C12H17N5/c13-8-9-3-6-17-11(7-9)15-16-12(17)10-1-4-14-5-2-10/h3,6-7,10,14H,1-2,4-5,8,13H2. The lowest BCUT2D eigenvalue weighted by molar-refractivity contribution is 0.442. The van der Waals surface area contributed by atoms with Crippen LogP contribution in [0.25, 0.3) is 5.65 Å². The third-order valence-electron chi connectivity index (χ3n) is 3.44. The van der Waals surface area contributed by atoms with Gasteiger partial charge in [0.15, 0.2) is 5.65 Å². The number of aromatic nitrogens is 3. The average molecular weight is 231 g/mol. The number of hydrogen-bond donors (Lipinski definition) is 2. The zero-order chi connectivity index (χ0) is 11.7. The molecule has 5 nitrogen and oxygen atoms in total. The van der Waals surface area contributed by atoms with Crippen LogP contribution in [-0.4, -0.2) is 27.7 Å². The van der Waals surface area contributed by atoms with Gasteiger partial charge < -0.3 is 11.1 Å². The van der Waals surface area contributed by atoms with Crippen molar-refractivity contribution in [1.82, 2.24) is 19.9 Å². The molecule has 1 fully saturated rings. The monoisotopic (exact) mass is 231 g/mol. The molecule has 1 aliphatic heterocycles. The van der Waals surface area contributed by atoms with E-state index >= 15 is 0 Å². The summed E-state index contributed by atoms with van der Waals surface area (Å²) in [5.74, 6) is 1.61. The Balaban J connectivity index is 1.99. The zero-order valence-corrected chi connectivity index (χ0v) is 9.76. The molecule has 5 heteroatoms. The summed E-state index contributed by atoms with van der Waals surface area (Å²) in [6, 6.07) is 4.05. The van der Waals surface area contributed by atoms with E-state index in [9.17, 15) is 0 Å². The van der Waals surface area contributed by atoms with Gasteiger partial charge in [-0.25, -0.2) is 0 Å². The van der Waals surface area contributed by atoms with Crippen molar-refractivity contribution in [2.24, 2.45) is 5.73 Å². The van der Waals surface area contributed by atoms with Crippen LogP contribution in [0.4, 0.5) is 0 Å². The van der Waals surface area contributed by atoms with Gasteiger partial charge in [-0.1, -0.05) is 0 Å². The molecule has 90 valence electrons. The van der Waals surface area contributed by atoms with Crippen LogP contribution in [0.3, 0.4) is 0 Å². The van der Waals surface area contributed by atoms with Gasteiger partial charge in [0.05, 0.1) is 0 Å². The van der Waals surface area contributed by atoms with Gasteiger partial charge in [-0.15, -0.1) is 10.2 Å². The molecule has 0 radical (unpaired) electrons. The lowest BCUT2D eigenvalue weighted by Crippen LogP contribution is -2.27. The van der Waals surface area contributed by atoms with Crippen LogP contribution in [0.1, 0.15) is 30.1 Å². The van der Waals surface area contributed by atoms with Crippen LogP contribution in [0, 0.1) is 0 Å². The Bertz CT molecular complexity index is 513. The SMILES string of the molecule is NCc1ccn2c(C3CCNCC3)nnc2c1. The Labute approximate surface area is 100 Å². The summed E-state index contributed by atoms with van der Waals surface area (Å²) in [6.07, 6.45) is 4.31. The molecule has 0 unspecified atom stereocenters. The first-order chi connectivity index (χ1) is 8.38. The summed E-state index contributed by atoms with van der Waals surface area (Å²) in [7, 11) is 0. The van der Waals surface area contributed by atoms with E-state index in [1.165, 1.54) is 0 Å². The second-order valence-corrected chi connectivity index (χ2v) is 4.55. The van der Waals surface area contributed by atoms with Gasteiger partial charge in [0, 0.05) is 18.7 Å². The van der Waals surface area contributed by atoms with Crippen molar-refractivity contribution in [2.75, 3.05) is 13.1 Å². The predicted octanol–water partition coefficient (Wildman–Crippen LogP) is 0.655. The summed E-state index contributed by atoms with van der Waals surface area (Å²) in [4.78, 5) is 0. The smallest absolute Gasteiger partial charge is 0.161 e. The summed E-state index contributed by atoms with van der Waals surface area (Å²) in [6.45, 7) is 2.69. The van der Waals surface area contributed by atoms with E-state index in [0.717, 1.165) is 43.0 Å². The van der Waals surface area contributed by atoms with Gasteiger partial charge in [0.1, 0.15) is 5.82 Å². The Hall–Kier alpha value is -1.46. The van der Waals surface area contributed by atoms with Gasteiger partial charge in [0.25, 0.3) is 0 Å². The van der Waals surface area contributed by atoms with Gasteiger partial charge in [-0.05, 0) is 43.6 Å². The minimum atomic E-state index is 0.523. The van der Waals surface area contributed by atoms with Crippen LogP contribution >= 0.6 is 0 Å². The molecule has 0 atom stereocenters. The highest BCUT2D eigenvalue weighted by Crippen LogP contribution is 2.24. The molecular formula is C12H17N5. The number of pyridine rings is 1. The van der Waals surface area contributed by atoms with Gasteiger partial charge in [-0.2, -0.15) is 0 Å². The maximum Gasteiger partial charge on any atom is 0.161 e. The fourth-order valence-electron chi connectivity index (χ4n) is 2.44. The molecule has 1 saturated heterocycles. The van der Waals surface area contributed by atoms with Gasteiger partial charge >= 0.3 is 0 Å². The normalized spacial score (nSPS) is 17.7. The minimum Gasteiger partial charge on any atom is -0.326 e. The first-order valence-corrected chi connectivity index (χ1v) is 6.13. The number of nitrogens with zero attached hydrogens (tertiary/aromatic N) is 3. The van der Waals surface area contributed by atoms with E-state index in [2.05, 4.69) is 19.9 Å². The second-order valence-electron chi connectivity index (χ2n) is 4.55. The molecule has 0 saturated carbocycles. The van der Waals surface area contributed by atoms with Crippen molar-refractivity contribution in [3.8, 4) is 0 Å². The molecule has 0 aromatic carbocycles. The lowest BCUT2D eigenvalue weighted by Gasteiger charge is -2.20. The number of piperidine rings is 1. The summed E-state index contributed by atoms with van der Waals surface area (Å²) >= 11 is 0. The Morgan fingerprint density at radius 1 is 1.35 bits per heavy atom. The van der Waals surface area contributed by atoms with Gasteiger partial charge in [0.2, 0.25) is 0 Å². The van der Waals surface area contributed by atoms with E-state index in [0.29, 0.717) is 12.5 Å². The van der Waals surface area contributed by atoms with Crippen LogP contribution in [0.15, 0.2) is 18.3 Å². The number of nitrogens with one attached hydrogen (secondary N) is 1. The summed E-state index contributed by atoms with van der Waals surface area (Å²) in [5, 5.41) is 11.9. The predicted molar refractivity (Wildman–Crippen MR) is 65.7 cm³/mol. The Morgan fingerprint density at radius 3 is 2.94 bits per heavy atom.